The number of oxazole rings is 1. The molecule has 0 unspecified atom stereocenters. The van der Waals surface area contributed by atoms with Crippen molar-refractivity contribution < 1.29 is 13.9 Å². The fraction of sp³-hybridized carbons (Fsp3) is 0.500. The summed E-state index contributed by atoms with van der Waals surface area (Å²) in [5.74, 6) is 1.99. The maximum absolute atomic E-state index is 9.34. The fourth-order valence-corrected chi connectivity index (χ4v) is 2.58. The minimum absolute atomic E-state index is 0.210. The van der Waals surface area contributed by atoms with Crippen molar-refractivity contribution in [3.8, 4) is 11.7 Å². The van der Waals surface area contributed by atoms with Crippen LogP contribution in [0.3, 0.4) is 0 Å². The second kappa shape index (κ2) is 5.19. The Bertz CT molecular complexity index is 533. The van der Waals surface area contributed by atoms with Gasteiger partial charge in [-0.1, -0.05) is 0 Å². The van der Waals surface area contributed by atoms with Crippen LogP contribution in [0, 0.1) is 6.92 Å². The van der Waals surface area contributed by atoms with E-state index in [9.17, 15) is 5.11 Å². The van der Waals surface area contributed by atoms with Crippen LogP contribution in [-0.2, 0) is 6.54 Å². The third kappa shape index (κ3) is 2.43. The van der Waals surface area contributed by atoms with E-state index in [2.05, 4.69) is 9.88 Å². The van der Waals surface area contributed by atoms with Gasteiger partial charge in [0.2, 0.25) is 0 Å². The number of nitrogens with zero attached hydrogens (tertiary/aromatic N) is 2. The smallest absolute Gasteiger partial charge is 0.263 e. The number of furan rings is 1. The molecule has 0 saturated carbocycles. The summed E-state index contributed by atoms with van der Waals surface area (Å²) in [6.45, 7) is 3.86. The van der Waals surface area contributed by atoms with Crippen molar-refractivity contribution in [3.05, 3.63) is 29.9 Å². The highest BCUT2D eigenvalue weighted by molar-refractivity contribution is 5.44. The van der Waals surface area contributed by atoms with Crippen LogP contribution in [0.2, 0.25) is 0 Å². The molecule has 0 aliphatic carbocycles. The first-order chi connectivity index (χ1) is 9.28. The van der Waals surface area contributed by atoms with E-state index in [1.54, 1.807) is 6.26 Å². The molecule has 5 nitrogen and oxygen atoms in total. The number of aryl methyl sites for hydroxylation is 1. The lowest BCUT2D eigenvalue weighted by Crippen LogP contribution is -2.31. The van der Waals surface area contributed by atoms with E-state index in [-0.39, 0.29) is 12.6 Å². The lowest BCUT2D eigenvalue weighted by molar-refractivity contribution is 0.152. The van der Waals surface area contributed by atoms with E-state index in [1.807, 2.05) is 19.1 Å². The van der Waals surface area contributed by atoms with Crippen molar-refractivity contribution in [3.63, 3.8) is 0 Å². The standard InChI is InChI=1S/C14H18N2O3/c1-10-12(8-16-6-2-4-11(16)9-17)15-14(19-10)13-5-3-7-18-13/h3,5,7,11,17H,2,4,6,8-9H2,1H3/t11-/m1/s1. The Kier molecular flexibility index (Phi) is 3.40. The first-order valence-corrected chi connectivity index (χ1v) is 6.63. The SMILES string of the molecule is Cc1oc(-c2ccco2)nc1CN1CCC[C@@H]1CO. The third-order valence-electron chi connectivity index (χ3n) is 3.69. The van der Waals surface area contributed by atoms with Crippen molar-refractivity contribution in [2.24, 2.45) is 0 Å². The van der Waals surface area contributed by atoms with Crippen LogP contribution in [0.5, 0.6) is 0 Å². The second-order valence-electron chi connectivity index (χ2n) is 4.95. The molecule has 5 heteroatoms. The van der Waals surface area contributed by atoms with Gasteiger partial charge in [0.25, 0.3) is 5.89 Å². The van der Waals surface area contributed by atoms with Gasteiger partial charge in [-0.05, 0) is 38.4 Å². The third-order valence-corrected chi connectivity index (χ3v) is 3.69. The molecule has 1 aliphatic rings. The topological polar surface area (TPSA) is 62.6 Å². The molecule has 0 spiro atoms. The van der Waals surface area contributed by atoms with Gasteiger partial charge in [-0.2, -0.15) is 0 Å². The Morgan fingerprint density at radius 1 is 1.53 bits per heavy atom. The van der Waals surface area contributed by atoms with Crippen LogP contribution in [-0.4, -0.2) is 34.2 Å². The van der Waals surface area contributed by atoms with Gasteiger partial charge in [0, 0.05) is 12.6 Å². The van der Waals surface area contributed by atoms with Gasteiger partial charge in [0.05, 0.1) is 18.6 Å². The van der Waals surface area contributed by atoms with Gasteiger partial charge in [-0.15, -0.1) is 0 Å². The van der Waals surface area contributed by atoms with E-state index in [0.29, 0.717) is 11.7 Å². The number of hydrogen-bond donors (Lipinski definition) is 1. The molecule has 0 amide bonds. The molecule has 0 aromatic carbocycles. The molecule has 0 bridgehead atoms. The monoisotopic (exact) mass is 262 g/mol. The van der Waals surface area contributed by atoms with Crippen molar-refractivity contribution >= 4 is 0 Å². The predicted molar refractivity (Wildman–Crippen MR) is 69.5 cm³/mol. The van der Waals surface area contributed by atoms with E-state index < -0.39 is 0 Å². The van der Waals surface area contributed by atoms with Crippen LogP contribution >= 0.6 is 0 Å². The number of aromatic nitrogens is 1. The molecule has 2 aromatic heterocycles. The molecule has 3 heterocycles. The molecular weight excluding hydrogens is 244 g/mol. The zero-order valence-electron chi connectivity index (χ0n) is 11.0. The summed E-state index contributed by atoms with van der Waals surface area (Å²) in [7, 11) is 0. The summed E-state index contributed by atoms with van der Waals surface area (Å²) in [5.41, 5.74) is 0.923. The minimum Gasteiger partial charge on any atom is -0.459 e. The first-order valence-electron chi connectivity index (χ1n) is 6.63. The van der Waals surface area contributed by atoms with Gasteiger partial charge in [-0.3, -0.25) is 4.90 Å². The van der Waals surface area contributed by atoms with Crippen LogP contribution < -0.4 is 0 Å². The second-order valence-corrected chi connectivity index (χ2v) is 4.95. The van der Waals surface area contributed by atoms with E-state index in [0.717, 1.165) is 37.4 Å². The van der Waals surface area contributed by atoms with E-state index in [4.69, 9.17) is 8.83 Å². The molecule has 2 aromatic rings. The van der Waals surface area contributed by atoms with E-state index in [1.165, 1.54) is 0 Å². The quantitative estimate of drug-likeness (QED) is 0.915. The highest BCUT2D eigenvalue weighted by Gasteiger charge is 2.25. The van der Waals surface area contributed by atoms with Gasteiger partial charge < -0.3 is 13.9 Å². The number of aliphatic hydroxyl groups is 1. The lowest BCUT2D eigenvalue weighted by atomic mass is 10.2. The van der Waals surface area contributed by atoms with Crippen molar-refractivity contribution in [2.45, 2.75) is 32.4 Å². The van der Waals surface area contributed by atoms with Gasteiger partial charge in [0.1, 0.15) is 5.76 Å². The van der Waals surface area contributed by atoms with Gasteiger partial charge >= 0.3 is 0 Å². The van der Waals surface area contributed by atoms with Crippen LogP contribution in [0.25, 0.3) is 11.7 Å². The van der Waals surface area contributed by atoms with Gasteiger partial charge in [0.15, 0.2) is 5.76 Å². The first kappa shape index (κ1) is 12.4. The molecular formula is C14H18N2O3. The summed E-state index contributed by atoms with van der Waals surface area (Å²) < 4.78 is 10.9. The normalized spacial score (nSPS) is 20.2. The molecule has 1 atom stereocenters. The average Bonchev–Trinajstić information content (AvgIpc) is 3.11. The molecule has 1 fully saturated rings. The summed E-state index contributed by atoms with van der Waals surface area (Å²) in [6.07, 6.45) is 3.79. The Morgan fingerprint density at radius 3 is 3.16 bits per heavy atom. The summed E-state index contributed by atoms with van der Waals surface area (Å²) in [6, 6.07) is 3.90. The van der Waals surface area contributed by atoms with Crippen LogP contribution in [0.4, 0.5) is 0 Å². The maximum Gasteiger partial charge on any atom is 0.263 e. The van der Waals surface area contributed by atoms with Crippen molar-refractivity contribution in [1.29, 1.82) is 0 Å². The fourth-order valence-electron chi connectivity index (χ4n) is 2.58. The zero-order chi connectivity index (χ0) is 13.2. The summed E-state index contributed by atoms with van der Waals surface area (Å²) >= 11 is 0. The number of rotatable bonds is 4. The Balaban J connectivity index is 1.78. The number of likely N-dealkylation sites (tertiary alicyclic amines) is 1. The highest BCUT2D eigenvalue weighted by Crippen LogP contribution is 2.25. The molecule has 3 rings (SSSR count). The molecule has 1 N–H and O–H groups in total. The molecule has 1 saturated heterocycles. The van der Waals surface area contributed by atoms with E-state index >= 15 is 0 Å². The summed E-state index contributed by atoms with van der Waals surface area (Å²) in [4.78, 5) is 6.76. The van der Waals surface area contributed by atoms with Crippen LogP contribution in [0.1, 0.15) is 24.3 Å². The predicted octanol–water partition coefficient (Wildman–Crippen LogP) is 2.20. The van der Waals surface area contributed by atoms with Crippen molar-refractivity contribution in [2.75, 3.05) is 13.2 Å². The Hall–Kier alpha value is -1.59. The number of aliphatic hydroxyl groups excluding tert-OH is 1. The summed E-state index contributed by atoms with van der Waals surface area (Å²) in [5, 5.41) is 9.34. The minimum atomic E-state index is 0.210. The van der Waals surface area contributed by atoms with Crippen molar-refractivity contribution in [1.82, 2.24) is 9.88 Å². The van der Waals surface area contributed by atoms with Crippen LogP contribution in [0.15, 0.2) is 27.2 Å². The molecule has 0 radical (unpaired) electrons. The Morgan fingerprint density at radius 2 is 2.42 bits per heavy atom. The Labute approximate surface area is 111 Å². The van der Waals surface area contributed by atoms with Gasteiger partial charge in [-0.25, -0.2) is 4.98 Å². The molecule has 102 valence electrons. The zero-order valence-corrected chi connectivity index (χ0v) is 11.0. The lowest BCUT2D eigenvalue weighted by Gasteiger charge is -2.21. The largest absolute Gasteiger partial charge is 0.459 e. The average molecular weight is 262 g/mol. The molecule has 1 aliphatic heterocycles. The number of hydrogen-bond acceptors (Lipinski definition) is 5. The highest BCUT2D eigenvalue weighted by atomic mass is 16.4. The maximum atomic E-state index is 9.34. The molecule has 19 heavy (non-hydrogen) atoms.